The number of nitrogens with zero attached hydrogens (tertiary/aromatic N) is 3. The molecule has 0 atom stereocenters. The van der Waals surface area contributed by atoms with Crippen molar-refractivity contribution in [1.82, 2.24) is 15.1 Å². The first kappa shape index (κ1) is 24.5. The molecule has 7 heteroatoms. The molecule has 1 heterocycles. The number of nitrogens with one attached hydrogen (secondary N) is 2. The highest BCUT2D eigenvalue weighted by atomic mass is 35.5. The van der Waals surface area contributed by atoms with E-state index in [9.17, 15) is 4.79 Å². The fourth-order valence-corrected chi connectivity index (χ4v) is 3.66. The molecule has 0 aliphatic heterocycles. The summed E-state index contributed by atoms with van der Waals surface area (Å²) in [5.41, 5.74) is 6.40. The van der Waals surface area contributed by atoms with E-state index in [0.717, 1.165) is 28.2 Å². The van der Waals surface area contributed by atoms with Crippen LogP contribution < -0.4 is 10.6 Å². The van der Waals surface area contributed by atoms with Crippen molar-refractivity contribution < 1.29 is 4.79 Å². The molecule has 1 amide bonds. The number of amides is 1. The zero-order valence-electron chi connectivity index (χ0n) is 20.4. The molecule has 0 radical (unpaired) electrons. The highest BCUT2D eigenvalue weighted by Crippen LogP contribution is 2.24. The van der Waals surface area contributed by atoms with E-state index in [1.807, 2.05) is 75.0 Å². The fourth-order valence-electron chi connectivity index (χ4n) is 3.49. The zero-order valence-corrected chi connectivity index (χ0v) is 21.1. The van der Waals surface area contributed by atoms with Crippen LogP contribution in [0.4, 0.5) is 5.69 Å². The van der Waals surface area contributed by atoms with Gasteiger partial charge in [0.05, 0.1) is 12.2 Å². The van der Waals surface area contributed by atoms with E-state index in [2.05, 4.69) is 36.5 Å². The Balaban J connectivity index is 1.89. The van der Waals surface area contributed by atoms with Crippen molar-refractivity contribution in [3.8, 4) is 0 Å². The molecule has 3 aromatic rings. The van der Waals surface area contributed by atoms with Crippen molar-refractivity contribution in [1.29, 1.82) is 0 Å². The first-order valence-electron chi connectivity index (χ1n) is 10.9. The molecule has 0 spiro atoms. The number of guanidine groups is 1. The van der Waals surface area contributed by atoms with Crippen molar-refractivity contribution in [3.05, 3.63) is 81.1 Å². The summed E-state index contributed by atoms with van der Waals surface area (Å²) >= 11 is 6.29. The van der Waals surface area contributed by atoms with Gasteiger partial charge in [-0.2, -0.15) is 5.10 Å². The number of aliphatic imine (C=N–C) groups is 1. The molecular formula is C26H32ClN5O. The zero-order chi connectivity index (χ0) is 24.3. The van der Waals surface area contributed by atoms with Crippen molar-refractivity contribution in [2.45, 2.75) is 53.5 Å². The number of carbonyl (C=O) groups is 1. The SMILES string of the molecule is Cc1nn(C)c(C)c1CN=C(NC(=O)c1ccc(C(C)(C)C)cc1)Nc1cccc(Cl)c1C. The monoisotopic (exact) mass is 465 g/mol. The summed E-state index contributed by atoms with van der Waals surface area (Å²) in [7, 11) is 1.91. The fraction of sp³-hybridized carbons (Fsp3) is 0.346. The minimum absolute atomic E-state index is 0.0206. The predicted molar refractivity (Wildman–Crippen MR) is 136 cm³/mol. The molecule has 0 bridgehead atoms. The van der Waals surface area contributed by atoms with Gasteiger partial charge in [-0.05, 0) is 61.6 Å². The lowest BCUT2D eigenvalue weighted by atomic mass is 9.87. The van der Waals surface area contributed by atoms with Gasteiger partial charge in [-0.3, -0.25) is 14.8 Å². The summed E-state index contributed by atoms with van der Waals surface area (Å²) < 4.78 is 1.84. The van der Waals surface area contributed by atoms with Crippen molar-refractivity contribution in [2.75, 3.05) is 5.32 Å². The smallest absolute Gasteiger partial charge is 0.257 e. The summed E-state index contributed by atoms with van der Waals surface area (Å²) in [6.07, 6.45) is 0. The van der Waals surface area contributed by atoms with Crippen LogP contribution in [0.2, 0.25) is 5.02 Å². The lowest BCUT2D eigenvalue weighted by Crippen LogP contribution is -2.36. The van der Waals surface area contributed by atoms with E-state index in [-0.39, 0.29) is 11.3 Å². The van der Waals surface area contributed by atoms with Gasteiger partial charge < -0.3 is 5.32 Å². The van der Waals surface area contributed by atoms with Gasteiger partial charge in [-0.15, -0.1) is 0 Å². The lowest BCUT2D eigenvalue weighted by Gasteiger charge is -2.19. The van der Waals surface area contributed by atoms with Gasteiger partial charge in [0, 0.05) is 34.6 Å². The minimum Gasteiger partial charge on any atom is -0.326 e. The predicted octanol–water partition coefficient (Wildman–Crippen LogP) is 5.69. The van der Waals surface area contributed by atoms with Crippen LogP contribution in [0, 0.1) is 20.8 Å². The molecular weight excluding hydrogens is 434 g/mol. The van der Waals surface area contributed by atoms with E-state index in [1.165, 1.54) is 5.56 Å². The van der Waals surface area contributed by atoms with Crippen LogP contribution in [0.25, 0.3) is 0 Å². The molecule has 0 aliphatic rings. The maximum Gasteiger partial charge on any atom is 0.257 e. The standard InChI is InChI=1S/C26H32ClN5O/c1-16-22(27)9-8-10-23(16)29-25(28-15-21-17(2)31-32(7)18(21)3)30-24(33)19-11-13-20(14-12-19)26(4,5)6/h8-14H,15H2,1-7H3,(H2,28,29,30,33). The molecule has 6 nitrogen and oxygen atoms in total. The van der Waals surface area contributed by atoms with Crippen LogP contribution >= 0.6 is 11.6 Å². The number of rotatable bonds is 4. The quantitative estimate of drug-likeness (QED) is 0.383. The van der Waals surface area contributed by atoms with Gasteiger partial charge in [-0.25, -0.2) is 4.99 Å². The number of aromatic nitrogens is 2. The Morgan fingerprint density at radius 3 is 2.33 bits per heavy atom. The average molecular weight is 466 g/mol. The summed E-state index contributed by atoms with van der Waals surface area (Å²) in [5, 5.41) is 11.3. The Bertz CT molecular complexity index is 1190. The molecule has 3 rings (SSSR count). The normalized spacial score (nSPS) is 12.1. The molecule has 33 heavy (non-hydrogen) atoms. The highest BCUT2D eigenvalue weighted by Gasteiger charge is 2.16. The summed E-state index contributed by atoms with van der Waals surface area (Å²) in [6, 6.07) is 13.3. The van der Waals surface area contributed by atoms with Gasteiger partial charge >= 0.3 is 0 Å². The van der Waals surface area contributed by atoms with E-state index in [1.54, 1.807) is 0 Å². The molecule has 0 saturated heterocycles. The third kappa shape index (κ3) is 5.82. The maximum atomic E-state index is 13.0. The first-order chi connectivity index (χ1) is 15.5. The Labute approximate surface area is 201 Å². The second-order valence-corrected chi connectivity index (χ2v) is 9.66. The third-order valence-electron chi connectivity index (χ3n) is 5.82. The second kappa shape index (κ2) is 9.79. The molecule has 0 unspecified atom stereocenters. The third-order valence-corrected chi connectivity index (χ3v) is 6.23. The average Bonchev–Trinajstić information content (AvgIpc) is 3.00. The summed E-state index contributed by atoms with van der Waals surface area (Å²) in [4.78, 5) is 17.7. The molecule has 2 N–H and O–H groups in total. The van der Waals surface area contributed by atoms with E-state index < -0.39 is 0 Å². The minimum atomic E-state index is -0.235. The van der Waals surface area contributed by atoms with Crippen LogP contribution in [-0.2, 0) is 19.0 Å². The van der Waals surface area contributed by atoms with Gasteiger partial charge in [0.15, 0.2) is 0 Å². The van der Waals surface area contributed by atoms with Gasteiger partial charge in [0.25, 0.3) is 5.91 Å². The molecule has 1 aromatic heterocycles. The molecule has 174 valence electrons. The van der Waals surface area contributed by atoms with Gasteiger partial charge in [-0.1, -0.05) is 50.6 Å². The maximum absolute atomic E-state index is 13.0. The van der Waals surface area contributed by atoms with Crippen LogP contribution in [0.1, 0.15) is 59.2 Å². The number of hydrogen-bond donors (Lipinski definition) is 2. The van der Waals surface area contributed by atoms with Crippen LogP contribution in [-0.4, -0.2) is 21.6 Å². The van der Waals surface area contributed by atoms with Crippen LogP contribution in [0.5, 0.6) is 0 Å². The van der Waals surface area contributed by atoms with Crippen molar-refractivity contribution in [2.24, 2.45) is 12.0 Å². The summed E-state index contributed by atoms with van der Waals surface area (Å²) in [5.74, 6) is 0.119. The number of benzene rings is 2. The highest BCUT2D eigenvalue weighted by molar-refractivity contribution is 6.31. The number of anilines is 1. The van der Waals surface area contributed by atoms with Gasteiger partial charge in [0.1, 0.15) is 0 Å². The number of carbonyl (C=O) groups excluding carboxylic acids is 1. The van der Waals surface area contributed by atoms with Gasteiger partial charge in [0.2, 0.25) is 5.96 Å². The molecule has 0 aliphatic carbocycles. The number of halogens is 1. The van der Waals surface area contributed by atoms with Crippen molar-refractivity contribution >= 4 is 29.2 Å². The van der Waals surface area contributed by atoms with Crippen molar-refractivity contribution in [3.63, 3.8) is 0 Å². The topological polar surface area (TPSA) is 71.3 Å². The van der Waals surface area contributed by atoms with Crippen LogP contribution in [0.15, 0.2) is 47.5 Å². The number of aryl methyl sites for hydroxylation is 2. The number of hydrogen-bond acceptors (Lipinski definition) is 3. The Kier molecular flexibility index (Phi) is 7.28. The summed E-state index contributed by atoms with van der Waals surface area (Å²) in [6.45, 7) is 12.7. The first-order valence-corrected chi connectivity index (χ1v) is 11.3. The largest absolute Gasteiger partial charge is 0.326 e. The van der Waals surface area contributed by atoms with E-state index in [0.29, 0.717) is 23.1 Å². The Hall–Kier alpha value is -3.12. The lowest BCUT2D eigenvalue weighted by molar-refractivity contribution is 0.0977. The molecule has 0 saturated carbocycles. The second-order valence-electron chi connectivity index (χ2n) is 9.26. The Morgan fingerprint density at radius 1 is 1.09 bits per heavy atom. The van der Waals surface area contributed by atoms with E-state index in [4.69, 9.17) is 16.6 Å². The Morgan fingerprint density at radius 2 is 1.76 bits per heavy atom. The molecule has 0 fully saturated rings. The van der Waals surface area contributed by atoms with E-state index >= 15 is 0 Å². The van der Waals surface area contributed by atoms with Crippen LogP contribution in [0.3, 0.4) is 0 Å². The molecule has 2 aromatic carbocycles.